The van der Waals surface area contributed by atoms with E-state index >= 15 is 0 Å². The van der Waals surface area contributed by atoms with Crippen molar-refractivity contribution in [2.24, 2.45) is 0 Å². The van der Waals surface area contributed by atoms with E-state index in [-0.39, 0.29) is 24.3 Å². The summed E-state index contributed by atoms with van der Waals surface area (Å²) in [5, 5.41) is 2.73. The first kappa shape index (κ1) is 15.4. The molecule has 104 valence electrons. The Morgan fingerprint density at radius 2 is 1.84 bits per heavy atom. The van der Waals surface area contributed by atoms with Gasteiger partial charge in [0.2, 0.25) is 5.91 Å². The third kappa shape index (κ3) is 4.48. The Morgan fingerprint density at radius 1 is 1.26 bits per heavy atom. The lowest BCUT2D eigenvalue weighted by molar-refractivity contribution is -0.122. The summed E-state index contributed by atoms with van der Waals surface area (Å²) >= 11 is 0. The van der Waals surface area contributed by atoms with Crippen molar-refractivity contribution < 1.29 is 9.59 Å². The summed E-state index contributed by atoms with van der Waals surface area (Å²) in [5.74, 6) is -0.0274. The molecular weight excluding hydrogens is 240 g/mol. The van der Waals surface area contributed by atoms with Crippen LogP contribution in [0.5, 0.6) is 0 Å². The van der Waals surface area contributed by atoms with Crippen LogP contribution in [0.15, 0.2) is 24.3 Å². The van der Waals surface area contributed by atoms with Gasteiger partial charge >= 0.3 is 0 Å². The van der Waals surface area contributed by atoms with Crippen LogP contribution in [-0.2, 0) is 4.79 Å². The lowest BCUT2D eigenvalue weighted by Gasteiger charge is -2.22. The monoisotopic (exact) mass is 262 g/mol. The van der Waals surface area contributed by atoms with Crippen molar-refractivity contribution in [1.29, 1.82) is 0 Å². The number of likely N-dealkylation sites (N-methyl/N-ethyl adjacent to an activating group) is 2. The Bertz CT molecular complexity index is 440. The van der Waals surface area contributed by atoms with Gasteiger partial charge in [0.1, 0.15) is 0 Å². The molecule has 19 heavy (non-hydrogen) atoms. The highest BCUT2D eigenvalue weighted by atomic mass is 16.2. The lowest BCUT2D eigenvalue weighted by Crippen LogP contribution is -2.42. The lowest BCUT2D eigenvalue weighted by atomic mass is 10.0. The molecule has 4 nitrogen and oxygen atoms in total. The van der Waals surface area contributed by atoms with E-state index in [4.69, 9.17) is 0 Å². The van der Waals surface area contributed by atoms with Crippen LogP contribution < -0.4 is 5.32 Å². The fourth-order valence-electron chi connectivity index (χ4n) is 1.78. The van der Waals surface area contributed by atoms with Gasteiger partial charge < -0.3 is 5.32 Å². The second kappa shape index (κ2) is 7.04. The summed E-state index contributed by atoms with van der Waals surface area (Å²) in [6.07, 6.45) is 0. The van der Waals surface area contributed by atoms with E-state index in [1.54, 1.807) is 11.9 Å². The first-order chi connectivity index (χ1) is 8.95. The minimum Gasteiger partial charge on any atom is -0.355 e. The standard InChI is InChI=1S/C15H22N2O2/c1-5-16-14(18)10-17(4)12(3)15(19)13-8-6-11(2)7-9-13/h6-9,12H,5,10H2,1-4H3,(H,16,18). The van der Waals surface area contributed by atoms with Crippen LogP contribution in [-0.4, -0.2) is 42.8 Å². The van der Waals surface area contributed by atoms with Crippen molar-refractivity contribution in [3.8, 4) is 0 Å². The summed E-state index contributed by atoms with van der Waals surface area (Å²) in [7, 11) is 1.78. The highest BCUT2D eigenvalue weighted by Crippen LogP contribution is 2.09. The Labute approximate surface area is 114 Å². The van der Waals surface area contributed by atoms with E-state index in [9.17, 15) is 9.59 Å². The summed E-state index contributed by atoms with van der Waals surface area (Å²) < 4.78 is 0. The van der Waals surface area contributed by atoms with E-state index in [2.05, 4.69) is 5.32 Å². The number of amides is 1. The summed E-state index contributed by atoms with van der Waals surface area (Å²) in [6.45, 7) is 6.51. The first-order valence-corrected chi connectivity index (χ1v) is 6.53. The number of hydrogen-bond acceptors (Lipinski definition) is 3. The summed E-state index contributed by atoms with van der Waals surface area (Å²) in [4.78, 5) is 25.5. The molecule has 0 aliphatic heterocycles. The third-order valence-electron chi connectivity index (χ3n) is 3.14. The molecule has 0 heterocycles. The van der Waals surface area contributed by atoms with Gasteiger partial charge in [-0.2, -0.15) is 0 Å². The van der Waals surface area contributed by atoms with Crippen molar-refractivity contribution in [2.75, 3.05) is 20.1 Å². The zero-order valence-electron chi connectivity index (χ0n) is 12.1. The SMILES string of the molecule is CCNC(=O)CN(C)C(C)C(=O)c1ccc(C)cc1. The molecule has 1 rings (SSSR count). The van der Waals surface area contributed by atoms with E-state index in [1.807, 2.05) is 45.0 Å². The largest absolute Gasteiger partial charge is 0.355 e. The number of hydrogen-bond donors (Lipinski definition) is 1. The molecule has 1 atom stereocenters. The number of benzene rings is 1. The van der Waals surface area contributed by atoms with Crippen molar-refractivity contribution in [2.45, 2.75) is 26.8 Å². The van der Waals surface area contributed by atoms with Gasteiger partial charge in [-0.1, -0.05) is 29.8 Å². The van der Waals surface area contributed by atoms with Gasteiger partial charge in [0.25, 0.3) is 0 Å². The number of Topliss-reactive ketones (excluding diaryl/α,β-unsaturated/α-hetero) is 1. The topological polar surface area (TPSA) is 49.4 Å². The Kier molecular flexibility index (Phi) is 5.70. The molecule has 1 amide bonds. The fraction of sp³-hybridized carbons (Fsp3) is 0.467. The maximum atomic E-state index is 12.3. The van der Waals surface area contributed by atoms with Crippen LogP contribution in [0, 0.1) is 6.92 Å². The smallest absolute Gasteiger partial charge is 0.234 e. The number of aryl methyl sites for hydroxylation is 1. The maximum absolute atomic E-state index is 12.3. The number of rotatable bonds is 6. The number of ketones is 1. The van der Waals surface area contributed by atoms with Crippen molar-refractivity contribution in [3.63, 3.8) is 0 Å². The molecule has 0 aliphatic rings. The van der Waals surface area contributed by atoms with Crippen LogP contribution in [0.2, 0.25) is 0 Å². The minimum absolute atomic E-state index is 0.0341. The van der Waals surface area contributed by atoms with Gasteiger partial charge in [0.15, 0.2) is 5.78 Å². The summed E-state index contributed by atoms with van der Waals surface area (Å²) in [5.41, 5.74) is 1.81. The second-order valence-corrected chi connectivity index (χ2v) is 4.77. The number of carbonyl (C=O) groups excluding carboxylic acids is 2. The highest BCUT2D eigenvalue weighted by molar-refractivity contribution is 6.00. The Balaban J connectivity index is 2.65. The molecule has 0 saturated heterocycles. The first-order valence-electron chi connectivity index (χ1n) is 6.53. The molecule has 1 aromatic rings. The van der Waals surface area contributed by atoms with Gasteiger partial charge in [-0.25, -0.2) is 0 Å². The second-order valence-electron chi connectivity index (χ2n) is 4.77. The van der Waals surface area contributed by atoms with E-state index in [1.165, 1.54) is 0 Å². The average molecular weight is 262 g/mol. The molecule has 1 unspecified atom stereocenters. The van der Waals surface area contributed by atoms with Crippen molar-refractivity contribution in [1.82, 2.24) is 10.2 Å². The zero-order chi connectivity index (χ0) is 14.4. The molecule has 0 saturated carbocycles. The predicted molar refractivity (Wildman–Crippen MR) is 76.3 cm³/mol. The van der Waals surface area contributed by atoms with Crippen molar-refractivity contribution in [3.05, 3.63) is 35.4 Å². The molecule has 0 aromatic heterocycles. The van der Waals surface area contributed by atoms with E-state index < -0.39 is 0 Å². The molecular formula is C15H22N2O2. The predicted octanol–water partition coefficient (Wildman–Crippen LogP) is 1.63. The van der Waals surface area contributed by atoms with Gasteiger partial charge in [0, 0.05) is 12.1 Å². The number of nitrogens with one attached hydrogen (secondary N) is 1. The highest BCUT2D eigenvalue weighted by Gasteiger charge is 2.20. The minimum atomic E-state index is -0.315. The van der Waals surface area contributed by atoms with Crippen LogP contribution >= 0.6 is 0 Å². The normalized spacial score (nSPS) is 12.3. The molecule has 1 aromatic carbocycles. The van der Waals surface area contributed by atoms with Gasteiger partial charge in [-0.15, -0.1) is 0 Å². The zero-order valence-corrected chi connectivity index (χ0v) is 12.1. The molecule has 0 spiro atoms. The van der Waals surface area contributed by atoms with Crippen LogP contribution in [0.3, 0.4) is 0 Å². The molecule has 0 aliphatic carbocycles. The van der Waals surface area contributed by atoms with Crippen LogP contribution in [0.25, 0.3) is 0 Å². The van der Waals surface area contributed by atoms with Crippen molar-refractivity contribution >= 4 is 11.7 Å². The third-order valence-corrected chi connectivity index (χ3v) is 3.14. The van der Waals surface area contributed by atoms with Gasteiger partial charge in [0.05, 0.1) is 12.6 Å². The molecule has 0 fully saturated rings. The average Bonchev–Trinajstić information content (AvgIpc) is 2.38. The number of nitrogens with zero attached hydrogens (tertiary/aromatic N) is 1. The summed E-state index contributed by atoms with van der Waals surface area (Å²) in [6, 6.07) is 7.18. The van der Waals surface area contributed by atoms with Gasteiger partial charge in [-0.05, 0) is 27.8 Å². The fourth-order valence-corrected chi connectivity index (χ4v) is 1.78. The van der Waals surface area contributed by atoms with Crippen LogP contribution in [0.4, 0.5) is 0 Å². The Hall–Kier alpha value is -1.68. The number of carbonyl (C=O) groups is 2. The quantitative estimate of drug-likeness (QED) is 0.793. The van der Waals surface area contributed by atoms with E-state index in [0.717, 1.165) is 5.56 Å². The molecule has 0 bridgehead atoms. The van der Waals surface area contributed by atoms with Gasteiger partial charge in [-0.3, -0.25) is 14.5 Å². The molecule has 0 radical (unpaired) electrons. The van der Waals surface area contributed by atoms with E-state index in [0.29, 0.717) is 12.1 Å². The maximum Gasteiger partial charge on any atom is 0.234 e. The Morgan fingerprint density at radius 3 is 2.37 bits per heavy atom. The van der Waals surface area contributed by atoms with Crippen LogP contribution in [0.1, 0.15) is 29.8 Å². The molecule has 1 N–H and O–H groups in total. The molecule has 4 heteroatoms.